The Hall–Kier alpha value is -3.45. The van der Waals surface area contributed by atoms with Crippen molar-refractivity contribution < 1.29 is 14.6 Å². The molecule has 0 spiro atoms. The lowest BCUT2D eigenvalue weighted by Crippen LogP contribution is -2.14. The predicted octanol–water partition coefficient (Wildman–Crippen LogP) is 7.01. The normalized spacial score (nSPS) is 13.6. The van der Waals surface area contributed by atoms with E-state index < -0.39 is 5.97 Å². The molecule has 0 saturated carbocycles. The third kappa shape index (κ3) is 6.33. The maximum Gasteiger partial charge on any atom is 0.304 e. The Morgan fingerprint density at radius 1 is 1.16 bits per heavy atom. The van der Waals surface area contributed by atoms with Crippen LogP contribution in [0.4, 0.5) is 5.82 Å². The summed E-state index contributed by atoms with van der Waals surface area (Å²) < 4.78 is 7.18. The second-order valence-electron chi connectivity index (χ2n) is 10.0. The Morgan fingerprint density at radius 2 is 2.08 bits per heavy atom. The SMILES string of the molecule is CCCCCc1cncc(C(CC(=O)O)c2csc3cc(OCCc4ccc5c(n4)NCCC5)ccc23)c1. The number of benzene rings is 1. The number of anilines is 1. The van der Waals surface area contributed by atoms with Gasteiger partial charge in [0, 0.05) is 41.7 Å². The number of unbranched alkanes of at least 4 members (excludes halogenated alkanes) is 2. The number of carboxylic acid groups (broad SMARTS) is 1. The molecule has 1 aliphatic heterocycles. The van der Waals surface area contributed by atoms with Crippen LogP contribution in [0.1, 0.15) is 72.9 Å². The van der Waals surface area contributed by atoms with Gasteiger partial charge in [-0.2, -0.15) is 0 Å². The predicted molar refractivity (Wildman–Crippen MR) is 154 cm³/mol. The fourth-order valence-corrected chi connectivity index (χ4v) is 6.21. The van der Waals surface area contributed by atoms with Crippen molar-refractivity contribution in [1.82, 2.24) is 9.97 Å². The quantitative estimate of drug-likeness (QED) is 0.192. The fraction of sp³-hybridized carbons (Fsp3) is 0.387. The number of hydrogen-bond acceptors (Lipinski definition) is 6. The highest BCUT2D eigenvalue weighted by Crippen LogP contribution is 2.38. The van der Waals surface area contributed by atoms with Gasteiger partial charge in [-0.3, -0.25) is 9.78 Å². The van der Waals surface area contributed by atoms with Crippen molar-refractivity contribution in [2.75, 3.05) is 18.5 Å². The largest absolute Gasteiger partial charge is 0.493 e. The molecule has 0 aliphatic carbocycles. The topological polar surface area (TPSA) is 84.3 Å². The average Bonchev–Trinajstić information content (AvgIpc) is 3.35. The molecule has 4 aromatic rings. The van der Waals surface area contributed by atoms with Gasteiger partial charge in [-0.05, 0) is 83.0 Å². The van der Waals surface area contributed by atoms with Gasteiger partial charge in [0.2, 0.25) is 0 Å². The molecule has 1 atom stereocenters. The summed E-state index contributed by atoms with van der Waals surface area (Å²) in [5, 5.41) is 16.3. The van der Waals surface area contributed by atoms with E-state index >= 15 is 0 Å². The molecular weight excluding hydrogens is 494 g/mol. The highest BCUT2D eigenvalue weighted by Gasteiger charge is 2.22. The molecule has 198 valence electrons. The summed E-state index contributed by atoms with van der Waals surface area (Å²) in [5.41, 5.74) is 5.50. The first-order chi connectivity index (χ1) is 18.6. The summed E-state index contributed by atoms with van der Waals surface area (Å²) >= 11 is 1.63. The molecule has 1 unspecified atom stereocenters. The number of nitrogens with one attached hydrogen (secondary N) is 1. The fourth-order valence-electron chi connectivity index (χ4n) is 5.17. The number of carboxylic acids is 1. The van der Waals surface area contributed by atoms with Gasteiger partial charge in [0.15, 0.2) is 0 Å². The van der Waals surface area contributed by atoms with Crippen molar-refractivity contribution in [3.05, 3.63) is 82.1 Å². The molecule has 38 heavy (non-hydrogen) atoms. The van der Waals surface area contributed by atoms with Crippen LogP contribution in [0, 0.1) is 0 Å². The van der Waals surface area contributed by atoms with Crippen LogP contribution in [0.15, 0.2) is 54.2 Å². The molecule has 6 nitrogen and oxygen atoms in total. The lowest BCUT2D eigenvalue weighted by atomic mass is 9.88. The Morgan fingerprint density at radius 3 is 2.95 bits per heavy atom. The van der Waals surface area contributed by atoms with Gasteiger partial charge in [-0.1, -0.05) is 31.9 Å². The minimum atomic E-state index is -0.809. The zero-order chi connectivity index (χ0) is 26.3. The van der Waals surface area contributed by atoms with E-state index in [1.165, 1.54) is 24.0 Å². The zero-order valence-corrected chi connectivity index (χ0v) is 22.7. The summed E-state index contributed by atoms with van der Waals surface area (Å²) in [7, 11) is 0. The van der Waals surface area contributed by atoms with E-state index in [2.05, 4.69) is 52.9 Å². The molecule has 0 bridgehead atoms. The first kappa shape index (κ1) is 26.2. The van der Waals surface area contributed by atoms with Crippen molar-refractivity contribution in [3.8, 4) is 5.75 Å². The Balaban J connectivity index is 1.30. The van der Waals surface area contributed by atoms with Gasteiger partial charge in [-0.25, -0.2) is 4.98 Å². The first-order valence-corrected chi connectivity index (χ1v) is 14.5. The smallest absolute Gasteiger partial charge is 0.304 e. The van der Waals surface area contributed by atoms with Crippen molar-refractivity contribution in [1.29, 1.82) is 0 Å². The maximum absolute atomic E-state index is 11.8. The number of hydrogen-bond donors (Lipinski definition) is 2. The molecule has 3 aromatic heterocycles. The standard InChI is InChI=1S/C31H35N3O3S/c1-2-3-4-6-21-15-23(19-32-18-21)27(17-30(35)36)28-20-38-29-16-25(10-11-26(28)29)37-14-12-24-9-8-22-7-5-13-33-31(22)34-24/h8-11,15-16,18-20,27H,2-7,12-14,17H2,1H3,(H,33,34)(H,35,36). The van der Waals surface area contributed by atoms with Crippen molar-refractivity contribution in [2.45, 2.75) is 64.2 Å². The minimum absolute atomic E-state index is 0.0345. The number of pyridine rings is 2. The first-order valence-electron chi connectivity index (χ1n) is 13.6. The molecule has 0 radical (unpaired) electrons. The van der Waals surface area contributed by atoms with Crippen LogP contribution in [-0.4, -0.2) is 34.2 Å². The Kier molecular flexibility index (Phi) is 8.54. The third-order valence-electron chi connectivity index (χ3n) is 7.20. The zero-order valence-electron chi connectivity index (χ0n) is 21.9. The van der Waals surface area contributed by atoms with Crippen molar-refractivity contribution in [2.24, 2.45) is 0 Å². The van der Waals surface area contributed by atoms with E-state index in [0.717, 1.165) is 77.1 Å². The second-order valence-corrected chi connectivity index (χ2v) is 10.9. The van der Waals surface area contributed by atoms with Crippen molar-refractivity contribution >= 4 is 33.2 Å². The van der Waals surface area contributed by atoms with Crippen LogP contribution in [0.3, 0.4) is 0 Å². The molecule has 5 rings (SSSR count). The number of aliphatic carboxylic acids is 1. The highest BCUT2D eigenvalue weighted by atomic mass is 32.1. The molecule has 2 N–H and O–H groups in total. The van der Waals surface area contributed by atoms with E-state index in [0.29, 0.717) is 6.61 Å². The Labute approximate surface area is 228 Å². The summed E-state index contributed by atoms with van der Waals surface area (Å²) in [5.74, 6) is 0.780. The number of nitrogens with zero attached hydrogens (tertiary/aromatic N) is 2. The van der Waals surface area contributed by atoms with Gasteiger partial charge >= 0.3 is 5.97 Å². The van der Waals surface area contributed by atoms with Crippen LogP contribution in [-0.2, 0) is 24.1 Å². The molecule has 1 aliphatic rings. The summed E-state index contributed by atoms with van der Waals surface area (Å²) in [4.78, 5) is 21.0. The van der Waals surface area contributed by atoms with E-state index in [1.54, 1.807) is 11.3 Å². The van der Waals surface area contributed by atoms with Gasteiger partial charge in [0.25, 0.3) is 0 Å². The van der Waals surface area contributed by atoms with E-state index in [4.69, 9.17) is 9.72 Å². The molecule has 0 saturated heterocycles. The van der Waals surface area contributed by atoms with Crippen LogP contribution in [0.25, 0.3) is 10.1 Å². The second kappa shape index (κ2) is 12.4. The molecule has 7 heteroatoms. The molecule has 4 heterocycles. The third-order valence-corrected chi connectivity index (χ3v) is 8.16. The molecule has 1 aromatic carbocycles. The van der Waals surface area contributed by atoms with Crippen LogP contribution < -0.4 is 10.1 Å². The average molecular weight is 530 g/mol. The van der Waals surface area contributed by atoms with Gasteiger partial charge in [0.05, 0.1) is 13.0 Å². The molecule has 0 fully saturated rings. The number of aryl methyl sites for hydroxylation is 2. The number of ether oxygens (including phenoxy) is 1. The number of carbonyl (C=O) groups is 1. The van der Waals surface area contributed by atoms with Crippen molar-refractivity contribution in [3.63, 3.8) is 0 Å². The number of thiophene rings is 1. The lowest BCUT2D eigenvalue weighted by Gasteiger charge is -2.17. The number of rotatable bonds is 12. The minimum Gasteiger partial charge on any atom is -0.493 e. The van der Waals surface area contributed by atoms with Gasteiger partial charge < -0.3 is 15.2 Å². The monoisotopic (exact) mass is 529 g/mol. The van der Waals surface area contributed by atoms with E-state index in [1.807, 2.05) is 18.5 Å². The summed E-state index contributed by atoms with van der Waals surface area (Å²) in [6, 6.07) is 12.5. The molecular formula is C31H35N3O3S. The van der Waals surface area contributed by atoms with Gasteiger partial charge in [-0.15, -0.1) is 11.3 Å². The summed E-state index contributed by atoms with van der Waals surface area (Å²) in [6.07, 6.45) is 11.2. The van der Waals surface area contributed by atoms with Crippen LogP contribution >= 0.6 is 11.3 Å². The number of fused-ring (bicyclic) bond motifs is 2. The molecule has 0 amide bonds. The van der Waals surface area contributed by atoms with E-state index in [-0.39, 0.29) is 12.3 Å². The summed E-state index contributed by atoms with van der Waals surface area (Å²) in [6.45, 7) is 3.73. The van der Waals surface area contributed by atoms with Crippen LogP contribution in [0.5, 0.6) is 5.75 Å². The number of aromatic nitrogens is 2. The lowest BCUT2D eigenvalue weighted by molar-refractivity contribution is -0.137. The maximum atomic E-state index is 11.8. The highest BCUT2D eigenvalue weighted by molar-refractivity contribution is 7.17. The Bertz CT molecular complexity index is 1400. The van der Waals surface area contributed by atoms with Crippen LogP contribution in [0.2, 0.25) is 0 Å². The van der Waals surface area contributed by atoms with Gasteiger partial charge in [0.1, 0.15) is 11.6 Å². The van der Waals surface area contributed by atoms with E-state index in [9.17, 15) is 9.90 Å².